The van der Waals surface area contributed by atoms with Crippen LogP contribution in [0.1, 0.15) is 40.1 Å². The normalized spacial score (nSPS) is 11.1. The van der Waals surface area contributed by atoms with Crippen LogP contribution in [0.3, 0.4) is 0 Å². The summed E-state index contributed by atoms with van der Waals surface area (Å²) in [5, 5.41) is 5.73. The third-order valence-corrected chi connectivity index (χ3v) is 6.75. The molecule has 33 heavy (non-hydrogen) atoms. The van der Waals surface area contributed by atoms with E-state index >= 15 is 0 Å². The molecule has 0 fully saturated rings. The lowest BCUT2D eigenvalue weighted by molar-refractivity contribution is 0.101. The second-order valence-electron chi connectivity index (χ2n) is 7.08. The van der Waals surface area contributed by atoms with Gasteiger partial charge in [-0.15, -0.1) is 0 Å². The summed E-state index contributed by atoms with van der Waals surface area (Å²) in [6.07, 6.45) is -0.121. The van der Waals surface area contributed by atoms with Gasteiger partial charge in [0.2, 0.25) is 0 Å². The smallest absolute Gasteiger partial charge is 0.322 e. The number of nitrogens with one attached hydrogen (secondary N) is 2. The molecule has 0 atom stereocenters. The van der Waals surface area contributed by atoms with Gasteiger partial charge in [-0.25, -0.2) is 0 Å². The molecule has 0 saturated heterocycles. The molecule has 2 N–H and O–H groups in total. The van der Waals surface area contributed by atoms with Crippen LogP contribution in [0.4, 0.5) is 11.4 Å². The lowest BCUT2D eigenvalue weighted by Crippen LogP contribution is -2.17. The molecule has 3 aromatic carbocycles. The molecular formula is C25H27N2O5P. The Morgan fingerprint density at radius 3 is 1.52 bits per heavy atom. The summed E-state index contributed by atoms with van der Waals surface area (Å²) in [5.74, 6) is -0.655. The van der Waals surface area contributed by atoms with Gasteiger partial charge in [0.25, 0.3) is 11.8 Å². The lowest BCUT2D eigenvalue weighted by atomic mass is 10.1. The van der Waals surface area contributed by atoms with Crippen molar-refractivity contribution in [2.24, 2.45) is 0 Å². The number of amides is 2. The molecule has 0 spiro atoms. The highest BCUT2D eigenvalue weighted by Crippen LogP contribution is 2.53. The van der Waals surface area contributed by atoms with Gasteiger partial charge in [-0.2, -0.15) is 0 Å². The predicted molar refractivity (Wildman–Crippen MR) is 130 cm³/mol. The zero-order valence-electron chi connectivity index (χ0n) is 18.6. The van der Waals surface area contributed by atoms with Gasteiger partial charge in [-0.05, 0) is 50.2 Å². The van der Waals surface area contributed by atoms with Crippen LogP contribution in [0, 0.1) is 0 Å². The third-order valence-electron chi connectivity index (χ3n) is 4.75. The SMILES string of the molecule is CCOP(=O)(Cc1c(NC(=O)c2ccccc2)cccc1NC(=O)c1ccccc1)OCC. The molecule has 0 unspecified atom stereocenters. The molecule has 0 aliphatic heterocycles. The first-order valence-electron chi connectivity index (χ1n) is 10.7. The highest BCUT2D eigenvalue weighted by molar-refractivity contribution is 7.53. The van der Waals surface area contributed by atoms with E-state index in [1.165, 1.54) is 0 Å². The molecule has 0 aromatic heterocycles. The van der Waals surface area contributed by atoms with Crippen LogP contribution in [0.15, 0.2) is 78.9 Å². The van der Waals surface area contributed by atoms with E-state index in [-0.39, 0.29) is 31.2 Å². The Morgan fingerprint density at radius 1 is 0.697 bits per heavy atom. The summed E-state index contributed by atoms with van der Waals surface area (Å²) in [6, 6.07) is 22.6. The molecule has 3 rings (SSSR count). The van der Waals surface area contributed by atoms with E-state index in [2.05, 4.69) is 10.6 Å². The van der Waals surface area contributed by atoms with Crippen molar-refractivity contribution < 1.29 is 23.2 Å². The van der Waals surface area contributed by atoms with Gasteiger partial charge >= 0.3 is 7.60 Å². The maximum Gasteiger partial charge on any atom is 0.335 e. The number of carbonyl (C=O) groups excluding carboxylic acids is 2. The van der Waals surface area contributed by atoms with Gasteiger partial charge < -0.3 is 19.7 Å². The van der Waals surface area contributed by atoms with Crippen molar-refractivity contribution in [2.45, 2.75) is 20.0 Å². The van der Waals surface area contributed by atoms with E-state index in [0.717, 1.165) is 0 Å². The summed E-state index contributed by atoms with van der Waals surface area (Å²) < 4.78 is 24.3. The minimum atomic E-state index is -3.53. The first-order valence-corrected chi connectivity index (χ1v) is 12.4. The topological polar surface area (TPSA) is 93.7 Å². The average molecular weight is 466 g/mol. The fourth-order valence-electron chi connectivity index (χ4n) is 3.28. The summed E-state index contributed by atoms with van der Waals surface area (Å²) in [5.41, 5.74) is 2.22. The van der Waals surface area contributed by atoms with Crippen molar-refractivity contribution >= 4 is 30.8 Å². The molecule has 0 heterocycles. The van der Waals surface area contributed by atoms with E-state index in [4.69, 9.17) is 9.05 Å². The quantitative estimate of drug-likeness (QED) is 0.360. The van der Waals surface area contributed by atoms with Crippen LogP contribution in [0.5, 0.6) is 0 Å². The Labute approximate surface area is 193 Å². The molecule has 0 aliphatic rings. The van der Waals surface area contributed by atoms with E-state index < -0.39 is 7.60 Å². The van der Waals surface area contributed by atoms with Crippen LogP contribution in [0.25, 0.3) is 0 Å². The minimum Gasteiger partial charge on any atom is -0.322 e. The number of anilines is 2. The summed E-state index contributed by atoms with van der Waals surface area (Å²) in [7, 11) is -3.53. The number of benzene rings is 3. The molecule has 172 valence electrons. The highest BCUT2D eigenvalue weighted by Gasteiger charge is 2.28. The maximum atomic E-state index is 13.3. The van der Waals surface area contributed by atoms with Gasteiger partial charge in [-0.1, -0.05) is 42.5 Å². The Bertz CT molecular complexity index is 1050. The van der Waals surface area contributed by atoms with Gasteiger partial charge in [0, 0.05) is 28.1 Å². The van der Waals surface area contributed by atoms with Crippen molar-refractivity contribution in [2.75, 3.05) is 23.8 Å². The van der Waals surface area contributed by atoms with E-state index in [0.29, 0.717) is 28.1 Å². The van der Waals surface area contributed by atoms with Gasteiger partial charge in [0.1, 0.15) is 0 Å². The van der Waals surface area contributed by atoms with Crippen molar-refractivity contribution in [3.8, 4) is 0 Å². The molecule has 0 aliphatic carbocycles. The largest absolute Gasteiger partial charge is 0.335 e. The summed E-state index contributed by atoms with van der Waals surface area (Å²) in [6.45, 7) is 3.85. The van der Waals surface area contributed by atoms with Crippen molar-refractivity contribution in [1.82, 2.24) is 0 Å². The molecule has 0 radical (unpaired) electrons. The minimum absolute atomic E-state index is 0.121. The molecule has 0 saturated carbocycles. The van der Waals surface area contributed by atoms with Crippen molar-refractivity contribution in [1.29, 1.82) is 0 Å². The Kier molecular flexibility index (Phi) is 8.55. The standard InChI is InChI=1S/C25H27N2O5P/c1-3-31-33(30,32-4-2)18-21-22(26-24(28)19-12-7-5-8-13-19)16-11-17-23(21)27-25(29)20-14-9-6-10-15-20/h5-17H,3-4,18H2,1-2H3,(H,26,28)(H,27,29). The monoisotopic (exact) mass is 466 g/mol. The Balaban J connectivity index is 1.99. The molecule has 3 aromatic rings. The fraction of sp³-hybridized carbons (Fsp3) is 0.200. The summed E-state index contributed by atoms with van der Waals surface area (Å²) in [4.78, 5) is 25.6. The number of hydrogen-bond donors (Lipinski definition) is 2. The molecule has 7 nitrogen and oxygen atoms in total. The average Bonchev–Trinajstić information content (AvgIpc) is 2.82. The van der Waals surface area contributed by atoms with Crippen LogP contribution in [0.2, 0.25) is 0 Å². The van der Waals surface area contributed by atoms with Crippen LogP contribution >= 0.6 is 7.60 Å². The second kappa shape index (κ2) is 11.6. The van der Waals surface area contributed by atoms with Gasteiger partial charge in [0.05, 0.1) is 19.4 Å². The fourth-order valence-corrected chi connectivity index (χ4v) is 5.05. The lowest BCUT2D eigenvalue weighted by Gasteiger charge is -2.21. The molecule has 2 amide bonds. The molecular weight excluding hydrogens is 439 g/mol. The number of rotatable bonds is 10. The predicted octanol–water partition coefficient (Wildman–Crippen LogP) is 5.96. The maximum absolute atomic E-state index is 13.3. The van der Waals surface area contributed by atoms with Crippen LogP contribution < -0.4 is 10.6 Å². The van der Waals surface area contributed by atoms with E-state index in [1.54, 1.807) is 80.6 Å². The summed E-state index contributed by atoms with van der Waals surface area (Å²) >= 11 is 0. The highest BCUT2D eigenvalue weighted by atomic mass is 31.2. The van der Waals surface area contributed by atoms with Crippen molar-refractivity contribution in [3.05, 3.63) is 95.6 Å². The number of hydrogen-bond acceptors (Lipinski definition) is 5. The van der Waals surface area contributed by atoms with Crippen molar-refractivity contribution in [3.63, 3.8) is 0 Å². The van der Waals surface area contributed by atoms with E-state index in [9.17, 15) is 14.2 Å². The van der Waals surface area contributed by atoms with E-state index in [1.807, 2.05) is 12.1 Å². The zero-order chi connectivity index (χ0) is 23.7. The molecule has 0 bridgehead atoms. The van der Waals surface area contributed by atoms with Crippen LogP contribution in [-0.4, -0.2) is 25.0 Å². The zero-order valence-corrected chi connectivity index (χ0v) is 19.5. The third kappa shape index (κ3) is 6.62. The van der Waals surface area contributed by atoms with Crippen LogP contribution in [-0.2, 0) is 19.8 Å². The Morgan fingerprint density at radius 2 is 1.12 bits per heavy atom. The second-order valence-corrected chi connectivity index (χ2v) is 9.13. The number of carbonyl (C=O) groups is 2. The first-order chi connectivity index (χ1) is 16.0. The van der Waals surface area contributed by atoms with Gasteiger partial charge in [-0.3, -0.25) is 14.2 Å². The first kappa shape index (κ1) is 24.4. The molecule has 8 heteroatoms. The Hall–Kier alpha value is -3.25. The van der Waals surface area contributed by atoms with Gasteiger partial charge in [0.15, 0.2) is 0 Å².